The van der Waals surface area contributed by atoms with Gasteiger partial charge in [-0.1, -0.05) is 115 Å². The molecule has 3 heterocycles. The van der Waals surface area contributed by atoms with E-state index in [1.54, 1.807) is 33.0 Å². The first-order valence-electron chi connectivity index (χ1n) is 21.0. The average Bonchev–Trinajstić information content (AvgIpc) is 3.85. The van der Waals surface area contributed by atoms with Gasteiger partial charge in [-0.2, -0.15) is 0 Å². The zero-order chi connectivity index (χ0) is 34.3. The standard InChI is InChI=1S/C49H54N2S/c1-31-27-40(36-22-14-25-44-47(36)37-20-8-11-23-42(37)50(44)33-17-6-3-7-18-33)48-38-21-9-12-24-43(38)51(45(48)28-31)34-29-39(32-15-4-2-5-16-32)49-41(30-34)35-19-10-13-26-46(35)52-49/h2,4,8-11,13-15,17,19-21,23,25-26,28,31,34,36-39,42-44,47H,3,5-7,12,16,18,22,24,27,29-30H2,1H3. The molecule has 7 aliphatic carbocycles. The van der Waals surface area contributed by atoms with E-state index >= 15 is 0 Å². The van der Waals surface area contributed by atoms with Gasteiger partial charge in [0.1, 0.15) is 0 Å². The van der Waals surface area contributed by atoms with Crippen LogP contribution in [0, 0.1) is 29.6 Å². The summed E-state index contributed by atoms with van der Waals surface area (Å²) in [6.07, 6.45) is 47.8. The third kappa shape index (κ3) is 4.93. The van der Waals surface area contributed by atoms with Crippen LogP contribution in [0.25, 0.3) is 10.1 Å². The van der Waals surface area contributed by atoms with E-state index in [-0.39, 0.29) is 0 Å². The highest BCUT2D eigenvalue weighted by atomic mass is 32.1. The van der Waals surface area contributed by atoms with Crippen molar-refractivity contribution in [2.45, 2.75) is 114 Å². The Bertz CT molecular complexity index is 2060. The summed E-state index contributed by atoms with van der Waals surface area (Å²) < 4.78 is 1.48. The molecular weight excluding hydrogens is 649 g/mol. The van der Waals surface area contributed by atoms with Crippen LogP contribution >= 0.6 is 11.3 Å². The average molecular weight is 703 g/mol. The van der Waals surface area contributed by atoms with E-state index in [0.29, 0.717) is 59.7 Å². The quantitative estimate of drug-likeness (QED) is 0.293. The lowest BCUT2D eigenvalue weighted by molar-refractivity contribution is 0.167. The third-order valence-corrected chi connectivity index (χ3v) is 16.0. The zero-order valence-corrected chi connectivity index (χ0v) is 31.7. The lowest BCUT2D eigenvalue weighted by atomic mass is 9.65. The molecule has 0 bridgehead atoms. The Morgan fingerprint density at radius 2 is 1.77 bits per heavy atom. The van der Waals surface area contributed by atoms with E-state index in [1.807, 2.05) is 5.57 Å². The van der Waals surface area contributed by atoms with E-state index in [2.05, 4.69) is 131 Å². The van der Waals surface area contributed by atoms with Gasteiger partial charge in [0.05, 0.1) is 12.1 Å². The molecule has 2 nitrogen and oxygen atoms in total. The number of fused-ring (bicyclic) bond motifs is 9. The number of rotatable bonds is 4. The van der Waals surface area contributed by atoms with Gasteiger partial charge in [0.15, 0.2) is 0 Å². The first kappa shape index (κ1) is 31.9. The largest absolute Gasteiger partial charge is 0.364 e. The maximum Gasteiger partial charge on any atom is 0.0545 e. The second kappa shape index (κ2) is 12.8. The topological polar surface area (TPSA) is 6.48 Å². The monoisotopic (exact) mass is 702 g/mol. The van der Waals surface area contributed by atoms with Gasteiger partial charge >= 0.3 is 0 Å². The number of benzene rings is 1. The Kier molecular flexibility index (Phi) is 7.85. The second-order valence-electron chi connectivity index (χ2n) is 17.5. The first-order chi connectivity index (χ1) is 25.7. The Balaban J connectivity index is 1.02. The number of thiophene rings is 1. The molecule has 2 fully saturated rings. The highest BCUT2D eigenvalue weighted by Gasteiger charge is 2.54. The Morgan fingerprint density at radius 1 is 0.827 bits per heavy atom. The van der Waals surface area contributed by atoms with Crippen molar-refractivity contribution in [3.63, 3.8) is 0 Å². The fourth-order valence-corrected chi connectivity index (χ4v) is 14.1. The highest BCUT2D eigenvalue weighted by molar-refractivity contribution is 7.19. The predicted molar refractivity (Wildman–Crippen MR) is 218 cm³/mol. The minimum atomic E-state index is 0.497. The van der Waals surface area contributed by atoms with Gasteiger partial charge in [0.2, 0.25) is 0 Å². The smallest absolute Gasteiger partial charge is 0.0545 e. The van der Waals surface area contributed by atoms with Crippen LogP contribution in [0.2, 0.25) is 0 Å². The molecule has 2 aliphatic heterocycles. The number of hydrogen-bond acceptors (Lipinski definition) is 3. The highest BCUT2D eigenvalue weighted by Crippen LogP contribution is 2.58. The van der Waals surface area contributed by atoms with Crippen LogP contribution in [-0.4, -0.2) is 34.0 Å². The summed E-state index contributed by atoms with van der Waals surface area (Å²) in [5.41, 5.74) is 10.2. The number of likely N-dealkylation sites (tertiary alicyclic amines) is 2. The summed E-state index contributed by atoms with van der Waals surface area (Å²) in [4.78, 5) is 7.63. The lowest BCUT2D eigenvalue weighted by Gasteiger charge is -2.43. The predicted octanol–water partition coefficient (Wildman–Crippen LogP) is 11.9. The summed E-state index contributed by atoms with van der Waals surface area (Å²) in [5.74, 6) is 3.47. The van der Waals surface area contributed by atoms with Gasteiger partial charge in [-0.15, -0.1) is 11.3 Å². The molecule has 0 N–H and O–H groups in total. The second-order valence-corrected chi connectivity index (χ2v) is 18.6. The zero-order valence-electron chi connectivity index (χ0n) is 30.9. The molecule has 2 aromatic rings. The SMILES string of the molecule is CC1C=C2C(=C(C3CC=CC4C3C3C=CC=CC3N4C3=CCCCC3)C1)C1C=CCCC1N2C1Cc2c(sc3ccccc23)C(C2=CC=CCC2)C1. The van der Waals surface area contributed by atoms with Gasteiger partial charge in [-0.25, -0.2) is 0 Å². The van der Waals surface area contributed by atoms with Crippen LogP contribution in [-0.2, 0) is 6.42 Å². The van der Waals surface area contributed by atoms with Crippen molar-refractivity contribution in [1.82, 2.24) is 9.80 Å². The van der Waals surface area contributed by atoms with Crippen LogP contribution in [0.3, 0.4) is 0 Å². The maximum absolute atomic E-state index is 3.07. The Labute approximate surface area is 315 Å². The molecule has 11 rings (SSSR count). The number of hydrogen-bond donors (Lipinski definition) is 0. The van der Waals surface area contributed by atoms with Crippen LogP contribution < -0.4 is 0 Å². The Hall–Kier alpha value is -3.56. The molecule has 52 heavy (non-hydrogen) atoms. The van der Waals surface area contributed by atoms with E-state index < -0.39 is 0 Å². The molecule has 0 radical (unpaired) electrons. The van der Waals surface area contributed by atoms with Crippen molar-refractivity contribution >= 4 is 21.4 Å². The van der Waals surface area contributed by atoms with Crippen molar-refractivity contribution in [2.75, 3.05) is 0 Å². The maximum atomic E-state index is 3.07. The van der Waals surface area contributed by atoms with E-state index in [0.717, 1.165) is 0 Å². The van der Waals surface area contributed by atoms with Crippen molar-refractivity contribution < 1.29 is 0 Å². The van der Waals surface area contributed by atoms with Crippen molar-refractivity contribution in [2.24, 2.45) is 29.6 Å². The van der Waals surface area contributed by atoms with Gasteiger partial charge < -0.3 is 9.80 Å². The third-order valence-electron chi connectivity index (χ3n) is 14.7. The molecule has 9 aliphatic rings. The molecule has 3 heteroatoms. The lowest BCUT2D eigenvalue weighted by Crippen LogP contribution is -2.44. The molecule has 0 amide bonds. The summed E-state index contributed by atoms with van der Waals surface area (Å²) in [6, 6.07) is 11.4. The molecule has 1 aromatic heterocycles. The van der Waals surface area contributed by atoms with Gasteiger partial charge in [0, 0.05) is 50.8 Å². The van der Waals surface area contributed by atoms with E-state index in [9.17, 15) is 0 Å². The van der Waals surface area contributed by atoms with Crippen LogP contribution in [0.1, 0.15) is 93.9 Å². The summed E-state index contributed by atoms with van der Waals surface area (Å²) in [5, 5.41) is 1.52. The van der Waals surface area contributed by atoms with Crippen LogP contribution in [0.15, 0.2) is 131 Å². The fraction of sp³-hybridized carbons (Fsp3) is 0.469. The minimum Gasteiger partial charge on any atom is -0.364 e. The molecule has 0 spiro atoms. The molecule has 10 atom stereocenters. The summed E-state index contributed by atoms with van der Waals surface area (Å²) >= 11 is 2.10. The van der Waals surface area contributed by atoms with Gasteiger partial charge in [0.25, 0.3) is 0 Å². The Morgan fingerprint density at radius 3 is 2.67 bits per heavy atom. The van der Waals surface area contributed by atoms with Crippen LogP contribution in [0.5, 0.6) is 0 Å². The van der Waals surface area contributed by atoms with E-state index in [1.165, 1.54) is 87.1 Å². The minimum absolute atomic E-state index is 0.497. The number of allylic oxidation sites excluding steroid dienone is 13. The van der Waals surface area contributed by atoms with Gasteiger partial charge in [-0.3, -0.25) is 0 Å². The van der Waals surface area contributed by atoms with Gasteiger partial charge in [-0.05, 0) is 117 Å². The fourth-order valence-electron chi connectivity index (χ4n) is 12.7. The molecule has 2 saturated heterocycles. The summed E-state index contributed by atoms with van der Waals surface area (Å²) in [7, 11) is 0. The molecule has 10 unspecified atom stereocenters. The molecular formula is C49H54N2S. The van der Waals surface area contributed by atoms with E-state index in [4.69, 9.17) is 0 Å². The number of nitrogens with zero attached hydrogens (tertiary/aromatic N) is 2. The molecule has 0 saturated carbocycles. The van der Waals surface area contributed by atoms with Crippen molar-refractivity contribution in [3.8, 4) is 0 Å². The molecule has 1 aromatic carbocycles. The van der Waals surface area contributed by atoms with Crippen LogP contribution in [0.4, 0.5) is 0 Å². The van der Waals surface area contributed by atoms with Crippen molar-refractivity contribution in [1.29, 1.82) is 0 Å². The normalized spacial score (nSPS) is 37.4. The molecule has 266 valence electrons. The van der Waals surface area contributed by atoms with Crippen molar-refractivity contribution in [3.05, 3.63) is 142 Å². The first-order valence-corrected chi connectivity index (χ1v) is 21.8. The summed E-state index contributed by atoms with van der Waals surface area (Å²) in [6.45, 7) is 2.53.